The molecule has 2 heterocycles. The molecule has 6 heteroatoms. The molecule has 0 aliphatic rings. The molecule has 3 aromatic rings. The lowest BCUT2D eigenvalue weighted by molar-refractivity contribution is 0.101. The van der Waals surface area contributed by atoms with Crippen LogP contribution in [0.25, 0.3) is 10.6 Å². The third-order valence-electron chi connectivity index (χ3n) is 3.01. The monoisotopic (exact) mass is 301 g/mol. The van der Waals surface area contributed by atoms with E-state index in [9.17, 15) is 9.18 Å². The second-order valence-electron chi connectivity index (χ2n) is 4.45. The third kappa shape index (κ3) is 2.71. The lowest BCUT2D eigenvalue weighted by Crippen LogP contribution is -2.16. The molecule has 2 aromatic heterocycles. The van der Waals surface area contributed by atoms with Gasteiger partial charge in [-0.1, -0.05) is 18.2 Å². The number of aryl methyl sites for hydroxylation is 1. The largest absolute Gasteiger partial charge is 0.318 e. The number of nitrogens with zero attached hydrogens (tertiary/aromatic N) is 2. The Balaban J connectivity index is 1.87. The van der Waals surface area contributed by atoms with Gasteiger partial charge >= 0.3 is 0 Å². The summed E-state index contributed by atoms with van der Waals surface area (Å²) in [6.07, 6.45) is 0. The maximum Gasteiger partial charge on any atom is 0.274 e. The molecule has 0 fully saturated rings. The number of anilines is 1. The van der Waals surface area contributed by atoms with Crippen molar-refractivity contribution in [3.05, 3.63) is 59.4 Å². The fraction of sp³-hybridized carbons (Fsp3) is 0.0667. The molecule has 0 saturated carbocycles. The average Bonchev–Trinajstić information content (AvgIpc) is 3.10. The zero-order valence-corrected chi connectivity index (χ0v) is 12.0. The van der Waals surface area contributed by atoms with Crippen molar-refractivity contribution in [2.75, 3.05) is 5.32 Å². The van der Waals surface area contributed by atoms with Gasteiger partial charge in [-0.3, -0.25) is 9.48 Å². The first-order chi connectivity index (χ1) is 10.1. The van der Waals surface area contributed by atoms with E-state index < -0.39 is 11.7 Å². The summed E-state index contributed by atoms with van der Waals surface area (Å²) in [6, 6.07) is 11.6. The summed E-state index contributed by atoms with van der Waals surface area (Å²) in [5, 5.41) is 8.81. The van der Waals surface area contributed by atoms with Crippen LogP contribution in [0.2, 0.25) is 0 Å². The van der Waals surface area contributed by atoms with Crippen molar-refractivity contribution in [3.63, 3.8) is 0 Å². The predicted octanol–water partition coefficient (Wildman–Crippen LogP) is 3.54. The van der Waals surface area contributed by atoms with E-state index in [4.69, 9.17) is 0 Å². The molecule has 0 atom stereocenters. The van der Waals surface area contributed by atoms with Crippen LogP contribution in [0.15, 0.2) is 47.8 Å². The van der Waals surface area contributed by atoms with Gasteiger partial charge in [0.2, 0.25) is 0 Å². The summed E-state index contributed by atoms with van der Waals surface area (Å²) in [5.41, 5.74) is 1.26. The highest BCUT2D eigenvalue weighted by molar-refractivity contribution is 7.13. The summed E-state index contributed by atoms with van der Waals surface area (Å²) < 4.78 is 15.1. The van der Waals surface area contributed by atoms with Crippen LogP contribution in [0.3, 0.4) is 0 Å². The first-order valence-corrected chi connectivity index (χ1v) is 7.17. The van der Waals surface area contributed by atoms with Gasteiger partial charge in [-0.2, -0.15) is 5.10 Å². The van der Waals surface area contributed by atoms with Crippen LogP contribution in [0, 0.1) is 5.82 Å². The van der Waals surface area contributed by atoms with Crippen molar-refractivity contribution in [2.24, 2.45) is 7.05 Å². The molecule has 21 heavy (non-hydrogen) atoms. The van der Waals surface area contributed by atoms with Crippen LogP contribution in [0.5, 0.6) is 0 Å². The highest BCUT2D eigenvalue weighted by atomic mass is 32.1. The number of para-hydroxylation sites is 1. The molecule has 0 aliphatic carbocycles. The predicted molar refractivity (Wildman–Crippen MR) is 80.9 cm³/mol. The number of thiophene rings is 1. The Labute approximate surface area is 124 Å². The van der Waals surface area contributed by atoms with Crippen molar-refractivity contribution >= 4 is 22.9 Å². The van der Waals surface area contributed by atoms with Gasteiger partial charge < -0.3 is 5.32 Å². The first kappa shape index (κ1) is 13.5. The molecule has 0 bridgehead atoms. The molecular weight excluding hydrogens is 289 g/mol. The number of rotatable bonds is 3. The van der Waals surface area contributed by atoms with Crippen LogP contribution < -0.4 is 5.32 Å². The Morgan fingerprint density at radius 1 is 1.29 bits per heavy atom. The topological polar surface area (TPSA) is 46.9 Å². The quantitative estimate of drug-likeness (QED) is 0.804. The van der Waals surface area contributed by atoms with Gasteiger partial charge in [0.25, 0.3) is 5.91 Å². The zero-order valence-electron chi connectivity index (χ0n) is 11.2. The van der Waals surface area contributed by atoms with E-state index in [0.717, 1.165) is 10.6 Å². The number of hydrogen-bond donors (Lipinski definition) is 1. The number of carbonyl (C=O) groups is 1. The fourth-order valence-electron chi connectivity index (χ4n) is 1.97. The van der Waals surface area contributed by atoms with Gasteiger partial charge in [-0.15, -0.1) is 11.3 Å². The summed E-state index contributed by atoms with van der Waals surface area (Å²) in [5.74, 6) is -0.857. The number of aromatic nitrogens is 2. The Hall–Kier alpha value is -2.47. The Morgan fingerprint density at radius 3 is 2.81 bits per heavy atom. The van der Waals surface area contributed by atoms with E-state index in [1.807, 2.05) is 17.5 Å². The minimum absolute atomic E-state index is 0.154. The number of nitrogens with one attached hydrogen (secondary N) is 1. The third-order valence-corrected chi connectivity index (χ3v) is 3.90. The molecule has 4 nitrogen and oxygen atoms in total. The SMILES string of the molecule is Cn1nc(-c2cccs2)cc1C(=O)Nc1ccccc1F. The lowest BCUT2D eigenvalue weighted by atomic mass is 10.2. The van der Waals surface area contributed by atoms with E-state index >= 15 is 0 Å². The van der Waals surface area contributed by atoms with Crippen LogP contribution in [-0.4, -0.2) is 15.7 Å². The van der Waals surface area contributed by atoms with E-state index in [2.05, 4.69) is 10.4 Å². The van der Waals surface area contributed by atoms with Gasteiger partial charge in [0, 0.05) is 7.05 Å². The maximum absolute atomic E-state index is 13.6. The van der Waals surface area contributed by atoms with Gasteiger partial charge in [0.15, 0.2) is 0 Å². The van der Waals surface area contributed by atoms with Crippen molar-refractivity contribution in [3.8, 4) is 10.6 Å². The van der Waals surface area contributed by atoms with Crippen molar-refractivity contribution in [1.29, 1.82) is 0 Å². The first-order valence-electron chi connectivity index (χ1n) is 6.29. The summed E-state index contributed by atoms with van der Waals surface area (Å²) in [7, 11) is 1.69. The van der Waals surface area contributed by atoms with Crippen LogP contribution in [-0.2, 0) is 7.05 Å². The molecule has 0 unspecified atom stereocenters. The molecule has 3 rings (SSSR count). The lowest BCUT2D eigenvalue weighted by Gasteiger charge is -2.05. The number of hydrogen-bond acceptors (Lipinski definition) is 3. The number of halogens is 1. The number of benzene rings is 1. The summed E-state index contributed by atoms with van der Waals surface area (Å²) >= 11 is 1.55. The molecule has 1 amide bonds. The summed E-state index contributed by atoms with van der Waals surface area (Å²) in [6.45, 7) is 0. The zero-order chi connectivity index (χ0) is 14.8. The molecule has 0 spiro atoms. The van der Waals surface area contributed by atoms with Crippen LogP contribution in [0.4, 0.5) is 10.1 Å². The molecule has 0 radical (unpaired) electrons. The van der Waals surface area contributed by atoms with E-state index in [1.165, 1.54) is 16.8 Å². The van der Waals surface area contributed by atoms with Crippen molar-refractivity contribution in [2.45, 2.75) is 0 Å². The second kappa shape index (κ2) is 5.49. The highest BCUT2D eigenvalue weighted by Gasteiger charge is 2.16. The van der Waals surface area contributed by atoms with Crippen LogP contribution in [0.1, 0.15) is 10.5 Å². The molecular formula is C15H12FN3OS. The highest BCUT2D eigenvalue weighted by Crippen LogP contribution is 2.24. The Bertz CT molecular complexity index is 780. The van der Waals surface area contributed by atoms with E-state index in [1.54, 1.807) is 36.6 Å². The Morgan fingerprint density at radius 2 is 2.10 bits per heavy atom. The number of carbonyl (C=O) groups excluding carboxylic acids is 1. The van der Waals surface area contributed by atoms with Crippen molar-refractivity contribution < 1.29 is 9.18 Å². The minimum atomic E-state index is -0.466. The van der Waals surface area contributed by atoms with Crippen LogP contribution >= 0.6 is 11.3 Å². The number of amides is 1. The van der Waals surface area contributed by atoms with Crippen molar-refractivity contribution in [1.82, 2.24) is 9.78 Å². The Kier molecular flexibility index (Phi) is 3.53. The molecule has 1 N–H and O–H groups in total. The molecule has 1 aromatic carbocycles. The molecule has 0 saturated heterocycles. The van der Waals surface area contributed by atoms with Gasteiger partial charge in [0.1, 0.15) is 17.2 Å². The molecule has 106 valence electrons. The molecule has 0 aliphatic heterocycles. The van der Waals surface area contributed by atoms with E-state index in [0.29, 0.717) is 5.69 Å². The maximum atomic E-state index is 13.6. The normalized spacial score (nSPS) is 10.6. The minimum Gasteiger partial charge on any atom is -0.318 e. The summed E-state index contributed by atoms with van der Waals surface area (Å²) in [4.78, 5) is 13.2. The van der Waals surface area contributed by atoms with E-state index in [-0.39, 0.29) is 5.69 Å². The van der Waals surface area contributed by atoms with Gasteiger partial charge in [0.05, 0.1) is 10.6 Å². The average molecular weight is 301 g/mol. The smallest absolute Gasteiger partial charge is 0.274 e. The fourth-order valence-corrected chi connectivity index (χ4v) is 2.65. The second-order valence-corrected chi connectivity index (χ2v) is 5.40. The standard InChI is InChI=1S/C15H12FN3OS/c1-19-13(9-12(18-19)14-7-4-8-21-14)15(20)17-11-6-3-2-5-10(11)16/h2-9H,1H3,(H,17,20). The van der Waals surface area contributed by atoms with Gasteiger partial charge in [-0.25, -0.2) is 4.39 Å². The van der Waals surface area contributed by atoms with Gasteiger partial charge in [-0.05, 0) is 29.6 Å².